The molecule has 0 spiro atoms. The Morgan fingerprint density at radius 2 is 2.08 bits per heavy atom. The van der Waals surface area contributed by atoms with E-state index >= 15 is 0 Å². The quantitative estimate of drug-likeness (QED) is 0.823. The van der Waals surface area contributed by atoms with Crippen LogP contribution in [0.15, 0.2) is 35.7 Å². The zero-order valence-electron chi connectivity index (χ0n) is 13.9. The fourth-order valence-corrected chi connectivity index (χ4v) is 4.16. The van der Waals surface area contributed by atoms with E-state index in [-0.39, 0.29) is 24.0 Å². The van der Waals surface area contributed by atoms with E-state index < -0.39 is 0 Å². The van der Waals surface area contributed by atoms with Crippen molar-refractivity contribution in [2.75, 3.05) is 26.7 Å². The van der Waals surface area contributed by atoms with Gasteiger partial charge in [-0.25, -0.2) is 4.98 Å². The van der Waals surface area contributed by atoms with Gasteiger partial charge in [-0.1, -0.05) is 30.3 Å². The van der Waals surface area contributed by atoms with Gasteiger partial charge in [0.1, 0.15) is 10.7 Å². The molecule has 0 aliphatic carbocycles. The van der Waals surface area contributed by atoms with Gasteiger partial charge in [0.15, 0.2) is 0 Å². The van der Waals surface area contributed by atoms with Crippen LogP contribution in [0.25, 0.3) is 10.6 Å². The summed E-state index contributed by atoms with van der Waals surface area (Å²) in [6.45, 7) is 1.41. The van der Waals surface area contributed by atoms with Gasteiger partial charge in [-0.05, 0) is 0 Å². The van der Waals surface area contributed by atoms with Gasteiger partial charge in [-0.2, -0.15) is 0 Å². The normalized spacial score (nSPS) is 23.5. The largest absolute Gasteiger partial charge is 0.374 e. The van der Waals surface area contributed by atoms with Crippen LogP contribution >= 0.6 is 11.3 Å². The molecule has 6 nitrogen and oxygen atoms in total. The van der Waals surface area contributed by atoms with Crippen LogP contribution < -0.4 is 0 Å². The summed E-state index contributed by atoms with van der Waals surface area (Å²) in [5.74, 6) is -0.0298. The van der Waals surface area contributed by atoms with E-state index in [1.165, 1.54) is 11.3 Å². The van der Waals surface area contributed by atoms with E-state index in [1.54, 1.807) is 22.2 Å². The monoisotopic (exact) mass is 357 g/mol. The number of hydrogen-bond acceptors (Lipinski definition) is 5. The predicted octanol–water partition coefficient (Wildman–Crippen LogP) is 1.88. The molecule has 130 valence electrons. The first-order valence-corrected chi connectivity index (χ1v) is 9.19. The molecule has 1 aromatic heterocycles. The number of fused-ring (bicyclic) bond motifs is 1. The van der Waals surface area contributed by atoms with Crippen molar-refractivity contribution >= 4 is 23.2 Å². The molecular weight excluding hydrogens is 338 g/mol. The van der Waals surface area contributed by atoms with Crippen molar-refractivity contribution in [3.63, 3.8) is 0 Å². The fraction of sp³-hybridized carbons (Fsp3) is 0.389. The van der Waals surface area contributed by atoms with Crippen molar-refractivity contribution in [2.45, 2.75) is 18.6 Å². The van der Waals surface area contributed by atoms with Gasteiger partial charge < -0.3 is 14.5 Å². The Morgan fingerprint density at radius 1 is 1.28 bits per heavy atom. The number of benzene rings is 1. The van der Waals surface area contributed by atoms with Gasteiger partial charge in [-0.3, -0.25) is 9.59 Å². The molecule has 2 aromatic rings. The maximum absolute atomic E-state index is 12.8. The maximum Gasteiger partial charge on any atom is 0.273 e. The topological polar surface area (TPSA) is 62.7 Å². The first kappa shape index (κ1) is 16.2. The van der Waals surface area contributed by atoms with Crippen LogP contribution in [0.2, 0.25) is 0 Å². The van der Waals surface area contributed by atoms with Gasteiger partial charge in [0, 0.05) is 31.1 Å². The first-order valence-electron chi connectivity index (χ1n) is 8.31. The van der Waals surface area contributed by atoms with Crippen molar-refractivity contribution in [1.82, 2.24) is 14.8 Å². The van der Waals surface area contributed by atoms with Crippen molar-refractivity contribution in [3.05, 3.63) is 41.4 Å². The third kappa shape index (κ3) is 3.05. The fourth-order valence-electron chi connectivity index (χ4n) is 3.36. The summed E-state index contributed by atoms with van der Waals surface area (Å²) >= 11 is 1.47. The highest BCUT2D eigenvalue weighted by Gasteiger charge is 2.42. The molecule has 2 amide bonds. The summed E-state index contributed by atoms with van der Waals surface area (Å²) < 4.78 is 5.78. The predicted molar refractivity (Wildman–Crippen MR) is 94.4 cm³/mol. The van der Waals surface area contributed by atoms with Crippen LogP contribution in [0.4, 0.5) is 0 Å². The SMILES string of the molecule is CN1C(=O)CCO[C@H]2CN(C(=O)c3csc(-c4ccccc4)n3)C[C@@H]21. The number of rotatable bonds is 2. The number of ether oxygens (including phenoxy) is 1. The van der Waals surface area contributed by atoms with Crippen LogP contribution in [-0.2, 0) is 9.53 Å². The summed E-state index contributed by atoms with van der Waals surface area (Å²) in [7, 11) is 1.79. The molecule has 4 rings (SSSR count). The van der Waals surface area contributed by atoms with E-state index in [4.69, 9.17) is 4.74 Å². The second-order valence-electron chi connectivity index (χ2n) is 6.35. The Labute approximate surface area is 150 Å². The van der Waals surface area contributed by atoms with Crippen LogP contribution in [0.3, 0.4) is 0 Å². The molecule has 0 radical (unpaired) electrons. The minimum absolute atomic E-state index is 0.0711. The maximum atomic E-state index is 12.8. The molecule has 0 bridgehead atoms. The van der Waals surface area contributed by atoms with E-state index in [2.05, 4.69) is 4.98 Å². The molecule has 3 heterocycles. The molecule has 0 saturated carbocycles. The van der Waals surface area contributed by atoms with E-state index in [9.17, 15) is 9.59 Å². The van der Waals surface area contributed by atoms with Crippen molar-refractivity contribution < 1.29 is 14.3 Å². The van der Waals surface area contributed by atoms with Gasteiger partial charge in [0.05, 0.1) is 25.2 Å². The third-order valence-corrected chi connectivity index (χ3v) is 5.70. The van der Waals surface area contributed by atoms with Gasteiger partial charge >= 0.3 is 0 Å². The second-order valence-corrected chi connectivity index (χ2v) is 7.20. The number of aromatic nitrogens is 1. The Kier molecular flexibility index (Phi) is 4.27. The molecule has 25 heavy (non-hydrogen) atoms. The summed E-state index contributed by atoms with van der Waals surface area (Å²) in [6.07, 6.45) is 0.289. The number of nitrogens with zero attached hydrogens (tertiary/aromatic N) is 3. The molecular formula is C18H19N3O3S. The van der Waals surface area contributed by atoms with Crippen molar-refractivity contribution in [1.29, 1.82) is 0 Å². The Hall–Kier alpha value is -2.25. The summed E-state index contributed by atoms with van der Waals surface area (Å²) in [5, 5.41) is 2.63. The third-order valence-electron chi connectivity index (χ3n) is 4.81. The average molecular weight is 357 g/mol. The van der Waals surface area contributed by atoms with Crippen molar-refractivity contribution in [2.24, 2.45) is 0 Å². The zero-order valence-corrected chi connectivity index (χ0v) is 14.7. The summed E-state index contributed by atoms with van der Waals surface area (Å²) in [5.41, 5.74) is 1.46. The minimum atomic E-state index is -0.118. The van der Waals surface area contributed by atoms with Crippen molar-refractivity contribution in [3.8, 4) is 10.6 Å². The number of carbonyl (C=O) groups is 2. The number of likely N-dealkylation sites (tertiary alicyclic amines) is 1. The van der Waals surface area contributed by atoms with Gasteiger partial charge in [0.2, 0.25) is 5.91 Å². The standard InChI is InChI=1S/C18H19N3O3S/c1-20-14-9-21(10-15(14)24-8-7-16(20)22)18(23)13-11-25-17(19-13)12-5-3-2-4-6-12/h2-6,11,14-15H,7-10H2,1H3/t14-,15-/m0/s1. The summed E-state index contributed by atoms with van der Waals surface area (Å²) in [4.78, 5) is 32.8. The highest BCUT2D eigenvalue weighted by Crippen LogP contribution is 2.27. The molecule has 0 unspecified atom stereocenters. The zero-order chi connectivity index (χ0) is 17.4. The van der Waals surface area contributed by atoms with Crippen LogP contribution in [0.1, 0.15) is 16.9 Å². The lowest BCUT2D eigenvalue weighted by Crippen LogP contribution is -2.43. The lowest BCUT2D eigenvalue weighted by Gasteiger charge is -2.24. The van der Waals surface area contributed by atoms with Crippen LogP contribution in [-0.4, -0.2) is 65.5 Å². The molecule has 1 aromatic carbocycles. The second kappa shape index (κ2) is 6.57. The lowest BCUT2D eigenvalue weighted by atomic mass is 10.2. The molecule has 2 aliphatic heterocycles. The molecule has 0 N–H and O–H groups in total. The molecule has 7 heteroatoms. The highest BCUT2D eigenvalue weighted by atomic mass is 32.1. The molecule has 2 saturated heterocycles. The summed E-state index contributed by atoms with van der Waals surface area (Å²) in [6, 6.07) is 9.75. The number of carbonyl (C=O) groups excluding carboxylic acids is 2. The number of hydrogen-bond donors (Lipinski definition) is 0. The molecule has 2 fully saturated rings. The minimum Gasteiger partial charge on any atom is -0.374 e. The van der Waals surface area contributed by atoms with E-state index in [0.717, 1.165) is 10.6 Å². The highest BCUT2D eigenvalue weighted by molar-refractivity contribution is 7.13. The Morgan fingerprint density at radius 3 is 2.88 bits per heavy atom. The lowest BCUT2D eigenvalue weighted by molar-refractivity contribution is -0.131. The van der Waals surface area contributed by atoms with E-state index in [1.807, 2.05) is 30.3 Å². The smallest absolute Gasteiger partial charge is 0.273 e. The van der Waals surface area contributed by atoms with Crippen LogP contribution in [0, 0.1) is 0 Å². The first-order chi connectivity index (χ1) is 12.1. The molecule has 2 atom stereocenters. The van der Waals surface area contributed by atoms with Gasteiger partial charge in [0.25, 0.3) is 5.91 Å². The van der Waals surface area contributed by atoms with Gasteiger partial charge in [-0.15, -0.1) is 11.3 Å². The number of thiazole rings is 1. The average Bonchev–Trinajstić information content (AvgIpc) is 3.26. The Bertz CT molecular complexity index is 792. The number of amides is 2. The Balaban J connectivity index is 1.51. The molecule has 2 aliphatic rings. The van der Waals surface area contributed by atoms with E-state index in [0.29, 0.717) is 31.8 Å². The number of likely N-dealkylation sites (N-methyl/N-ethyl adjacent to an activating group) is 1. The van der Waals surface area contributed by atoms with Crippen LogP contribution in [0.5, 0.6) is 0 Å².